The fourth-order valence-corrected chi connectivity index (χ4v) is 6.07. The third-order valence-corrected chi connectivity index (χ3v) is 7.82. The van der Waals surface area contributed by atoms with Crippen LogP contribution in [0, 0.1) is 0 Å². The lowest BCUT2D eigenvalue weighted by molar-refractivity contribution is -0.353. The normalized spacial score (nSPS) is 35.3. The fraction of sp³-hybridized carbons (Fsp3) is 0.682. The van der Waals surface area contributed by atoms with Crippen LogP contribution in [0.1, 0.15) is 79.2 Å². The van der Waals surface area contributed by atoms with E-state index < -0.39 is 30.5 Å². The molecule has 0 aromatic carbocycles. The van der Waals surface area contributed by atoms with Gasteiger partial charge in [-0.05, 0) is 57.1 Å². The molecule has 8 nitrogen and oxygen atoms in total. The van der Waals surface area contributed by atoms with Crippen molar-refractivity contribution in [2.45, 2.75) is 92.8 Å². The van der Waals surface area contributed by atoms with E-state index in [-0.39, 0.29) is 49.0 Å². The summed E-state index contributed by atoms with van der Waals surface area (Å²) in [6, 6.07) is 3.07. The van der Waals surface area contributed by atoms with Crippen LogP contribution in [0.2, 0.25) is 0 Å². The molecule has 2 aromatic rings. The number of alkyl halides is 6. The zero-order valence-corrected chi connectivity index (χ0v) is 18.7. The van der Waals surface area contributed by atoms with Gasteiger partial charge in [0.15, 0.2) is 0 Å². The van der Waals surface area contributed by atoms with Crippen molar-refractivity contribution in [3.05, 3.63) is 35.8 Å². The first-order chi connectivity index (χ1) is 16.8. The molecular weight excluding hydrogens is 498 g/mol. The highest BCUT2D eigenvalue weighted by atomic mass is 19.4. The van der Waals surface area contributed by atoms with E-state index in [1.807, 2.05) is 0 Å². The van der Waals surface area contributed by atoms with Crippen LogP contribution < -0.4 is 5.32 Å². The highest BCUT2D eigenvalue weighted by Gasteiger charge is 2.72. The highest BCUT2D eigenvalue weighted by Crippen LogP contribution is 2.67. The molecule has 0 aliphatic heterocycles. The summed E-state index contributed by atoms with van der Waals surface area (Å²) >= 11 is 0. The second-order valence-corrected chi connectivity index (χ2v) is 10.5. The summed E-state index contributed by atoms with van der Waals surface area (Å²) < 4.78 is 89.5. The zero-order valence-electron chi connectivity index (χ0n) is 18.7. The van der Waals surface area contributed by atoms with Gasteiger partial charge >= 0.3 is 12.7 Å². The van der Waals surface area contributed by atoms with Gasteiger partial charge in [0.1, 0.15) is 5.69 Å². The first kappa shape index (κ1) is 23.8. The summed E-state index contributed by atoms with van der Waals surface area (Å²) in [5, 5.41) is 11.2. The number of aromatic nitrogens is 3. The van der Waals surface area contributed by atoms with E-state index in [9.17, 15) is 31.1 Å². The van der Waals surface area contributed by atoms with E-state index in [0.717, 1.165) is 0 Å². The minimum absolute atomic E-state index is 0.165. The predicted octanol–water partition coefficient (Wildman–Crippen LogP) is 4.50. The molecule has 7 rings (SSSR count). The molecule has 2 bridgehead atoms. The van der Waals surface area contributed by atoms with Gasteiger partial charge in [-0.25, -0.2) is 0 Å². The maximum atomic E-state index is 12.9. The van der Waals surface area contributed by atoms with E-state index in [0.29, 0.717) is 36.7 Å². The monoisotopic (exact) mass is 520 g/mol. The van der Waals surface area contributed by atoms with Crippen LogP contribution >= 0.6 is 0 Å². The van der Waals surface area contributed by atoms with Gasteiger partial charge in [0, 0.05) is 23.7 Å². The van der Waals surface area contributed by atoms with E-state index in [1.165, 1.54) is 0 Å². The topological polar surface area (TPSA) is 91.4 Å². The molecule has 0 spiro atoms. The van der Waals surface area contributed by atoms with Gasteiger partial charge in [0.25, 0.3) is 5.91 Å². The fourth-order valence-electron chi connectivity index (χ4n) is 6.07. The number of carbonyl (C=O) groups excluding carboxylic acids is 1. The number of rotatable bonds is 7. The Hall–Kier alpha value is -2.61. The van der Waals surface area contributed by atoms with Gasteiger partial charge in [0.05, 0.1) is 17.6 Å². The van der Waals surface area contributed by atoms with Crippen molar-refractivity contribution in [3.8, 4) is 0 Å². The van der Waals surface area contributed by atoms with Crippen molar-refractivity contribution >= 4 is 5.91 Å². The quantitative estimate of drug-likeness (QED) is 0.541. The smallest absolute Gasteiger partial charge is 0.424 e. The van der Waals surface area contributed by atoms with Crippen LogP contribution in [0.5, 0.6) is 0 Å². The maximum absolute atomic E-state index is 12.9. The van der Waals surface area contributed by atoms with Crippen LogP contribution in [-0.2, 0) is 14.9 Å². The number of amides is 1. The number of nitrogens with one attached hydrogen (secondary N) is 1. The summed E-state index contributed by atoms with van der Waals surface area (Å²) in [7, 11) is 0. The number of hydrogen-bond donors (Lipinski definition) is 1. The van der Waals surface area contributed by atoms with Crippen molar-refractivity contribution in [1.82, 2.24) is 20.1 Å². The van der Waals surface area contributed by atoms with Gasteiger partial charge in [-0.15, -0.1) is 36.5 Å². The Labute approximate surface area is 200 Å². The molecule has 36 heavy (non-hydrogen) atoms. The Morgan fingerprint density at radius 3 is 2.22 bits per heavy atom. The Morgan fingerprint density at radius 1 is 1.00 bits per heavy atom. The van der Waals surface area contributed by atoms with Crippen LogP contribution in [-0.4, -0.2) is 51.1 Å². The van der Waals surface area contributed by atoms with Gasteiger partial charge < -0.3 is 14.3 Å². The molecule has 5 saturated carbocycles. The van der Waals surface area contributed by atoms with E-state index >= 15 is 0 Å². The van der Waals surface area contributed by atoms with Gasteiger partial charge in [-0.1, -0.05) is 0 Å². The number of nitrogens with zero attached hydrogens (tertiary/aromatic N) is 3. The van der Waals surface area contributed by atoms with E-state index in [2.05, 4.69) is 25.0 Å². The Balaban J connectivity index is 1.01. The summed E-state index contributed by atoms with van der Waals surface area (Å²) in [5.41, 5.74) is -0.378. The summed E-state index contributed by atoms with van der Waals surface area (Å²) in [4.78, 5) is 12.9. The first-order valence-electron chi connectivity index (χ1n) is 11.6. The van der Waals surface area contributed by atoms with E-state index in [1.54, 1.807) is 22.9 Å². The van der Waals surface area contributed by atoms with Crippen molar-refractivity contribution in [2.24, 2.45) is 0 Å². The second-order valence-electron chi connectivity index (χ2n) is 10.5. The van der Waals surface area contributed by atoms with Crippen molar-refractivity contribution < 1.29 is 45.0 Å². The van der Waals surface area contributed by atoms with Crippen molar-refractivity contribution in [2.75, 3.05) is 0 Å². The van der Waals surface area contributed by atoms with Crippen LogP contribution in [0.4, 0.5) is 26.3 Å². The molecule has 196 valence electrons. The molecule has 5 fully saturated rings. The third-order valence-electron chi connectivity index (χ3n) is 7.82. The standard InChI is InChI=1S/C22H22F6N4O4/c23-21(24,25)35-13-4-11(5-13)17-30-31-18(34-17)19-8-20(9-19,10-19)29-16(33)15-2-1-3-32(15)12-6-14(7-12)36-22(26,27)28/h1-3,11-14H,4-10H2,(H,29,33)/t11-,12-,13+,14+,19?,20?. The zero-order chi connectivity index (χ0) is 25.5. The highest BCUT2D eigenvalue weighted by molar-refractivity contribution is 5.93. The molecule has 2 aromatic heterocycles. The largest absolute Gasteiger partial charge is 0.522 e. The SMILES string of the molecule is O=C(NC12CC(c3nnc([C@H]4C[C@@H](OC(F)(F)F)C4)o3)(C1)C2)c1cccn1[C@H]1C[C@@H](OC(F)(F)F)C1. The van der Waals surface area contributed by atoms with Gasteiger partial charge in [0.2, 0.25) is 11.8 Å². The van der Waals surface area contributed by atoms with Crippen molar-refractivity contribution in [1.29, 1.82) is 0 Å². The van der Waals surface area contributed by atoms with Crippen LogP contribution in [0.3, 0.4) is 0 Å². The minimum Gasteiger partial charge on any atom is -0.424 e. The average molecular weight is 520 g/mol. The first-order valence-corrected chi connectivity index (χ1v) is 11.6. The Kier molecular flexibility index (Phi) is 5.08. The van der Waals surface area contributed by atoms with Gasteiger partial charge in [-0.2, -0.15) is 0 Å². The molecular formula is C22H22F6N4O4. The number of carbonyl (C=O) groups is 1. The lowest BCUT2D eigenvalue weighted by Crippen LogP contribution is -2.76. The molecule has 0 saturated heterocycles. The second kappa shape index (κ2) is 7.70. The molecule has 0 radical (unpaired) electrons. The molecule has 1 N–H and O–H groups in total. The minimum atomic E-state index is -4.67. The molecule has 0 atom stereocenters. The molecule has 14 heteroatoms. The molecule has 2 heterocycles. The average Bonchev–Trinajstić information content (AvgIpc) is 3.30. The van der Waals surface area contributed by atoms with Crippen LogP contribution in [0.25, 0.3) is 0 Å². The number of ether oxygens (including phenoxy) is 2. The number of halogens is 6. The number of hydrogen-bond acceptors (Lipinski definition) is 6. The lowest BCUT2D eigenvalue weighted by atomic mass is 9.39. The molecule has 0 unspecified atom stereocenters. The van der Waals surface area contributed by atoms with E-state index in [4.69, 9.17) is 4.42 Å². The Morgan fingerprint density at radius 2 is 1.61 bits per heavy atom. The molecule has 5 aliphatic carbocycles. The summed E-state index contributed by atoms with van der Waals surface area (Å²) in [5.74, 6) is 0.174. The lowest BCUT2D eigenvalue weighted by Gasteiger charge is -2.68. The van der Waals surface area contributed by atoms with Crippen LogP contribution in [0.15, 0.2) is 22.7 Å². The van der Waals surface area contributed by atoms with Gasteiger partial charge in [-0.3, -0.25) is 14.3 Å². The summed E-state index contributed by atoms with van der Waals surface area (Å²) in [6.07, 6.45) is -6.99. The molecule has 1 amide bonds. The maximum Gasteiger partial charge on any atom is 0.522 e. The summed E-state index contributed by atoms with van der Waals surface area (Å²) in [6.45, 7) is 0. The van der Waals surface area contributed by atoms with Crippen molar-refractivity contribution in [3.63, 3.8) is 0 Å². The molecule has 5 aliphatic rings. The predicted molar refractivity (Wildman–Crippen MR) is 107 cm³/mol. The third kappa shape index (κ3) is 4.17. The Bertz CT molecular complexity index is 1140.